The van der Waals surface area contributed by atoms with Crippen LogP contribution in [-0.2, 0) is 0 Å². The Labute approximate surface area is 260 Å². The molecule has 8 aromatic rings. The van der Waals surface area contributed by atoms with Gasteiger partial charge in [0.1, 0.15) is 17.0 Å². The second kappa shape index (κ2) is 9.35. The number of benzene rings is 6. The number of furan rings is 1. The van der Waals surface area contributed by atoms with Crippen LogP contribution >= 0.6 is 0 Å². The van der Waals surface area contributed by atoms with Crippen molar-refractivity contribution in [3.63, 3.8) is 0 Å². The molecule has 3 heterocycles. The van der Waals surface area contributed by atoms with Gasteiger partial charge in [-0.2, -0.15) is 0 Å². The molecule has 0 atom stereocenters. The van der Waals surface area contributed by atoms with Gasteiger partial charge >= 0.3 is 0 Å². The normalized spacial score (nSPS) is 14.3. The van der Waals surface area contributed by atoms with Crippen molar-refractivity contribution in [1.82, 2.24) is 4.57 Å². The van der Waals surface area contributed by atoms with Gasteiger partial charge in [-0.05, 0) is 94.9 Å². The van der Waals surface area contributed by atoms with Gasteiger partial charge < -0.3 is 4.42 Å². The first-order valence-corrected chi connectivity index (χ1v) is 15.7. The molecule has 0 N–H and O–H groups in total. The molecular formula is C42H28N2O. The van der Waals surface area contributed by atoms with E-state index in [-0.39, 0.29) is 0 Å². The molecule has 3 nitrogen and oxygen atoms in total. The number of nitrogens with zero attached hydrogens (tertiary/aromatic N) is 2. The summed E-state index contributed by atoms with van der Waals surface area (Å²) in [6, 6.07) is 48.3. The molecule has 2 aromatic heterocycles. The van der Waals surface area contributed by atoms with Gasteiger partial charge in [0.2, 0.25) is 0 Å². The first-order valence-electron chi connectivity index (χ1n) is 15.7. The molecule has 0 fully saturated rings. The number of allylic oxidation sites excluding steroid dienone is 3. The third-order valence-electron chi connectivity index (χ3n) is 9.59. The highest BCUT2D eigenvalue weighted by Gasteiger charge is 2.30. The molecule has 1 aliphatic carbocycles. The van der Waals surface area contributed by atoms with E-state index in [9.17, 15) is 0 Å². The standard InChI is InChI=1S/C42H28N2O/c1-3-11-32-28(9-1)19-23-38-42(32)34-13-4-7-15-37(34)43(41-26-30-10-2-6-14-36(30)44(38)41)31-21-17-27(18-22-31)29-20-24-40-35(25-29)33-12-5-8-16-39(33)45-40/h1-3,5-12,14-26H,4,13H2. The lowest BCUT2D eigenvalue weighted by Crippen LogP contribution is -2.18. The topological polar surface area (TPSA) is 21.3 Å². The van der Waals surface area contributed by atoms with Gasteiger partial charge in [-0.25, -0.2) is 0 Å². The molecule has 10 rings (SSSR count). The third-order valence-corrected chi connectivity index (χ3v) is 9.59. The molecule has 0 bridgehead atoms. The number of hydrogen-bond acceptors (Lipinski definition) is 2. The lowest BCUT2D eigenvalue weighted by atomic mass is 9.89. The van der Waals surface area contributed by atoms with Crippen LogP contribution < -0.4 is 4.90 Å². The maximum absolute atomic E-state index is 6.10. The van der Waals surface area contributed by atoms with E-state index in [4.69, 9.17) is 4.42 Å². The minimum Gasteiger partial charge on any atom is -0.456 e. The molecule has 3 heteroatoms. The van der Waals surface area contributed by atoms with Gasteiger partial charge in [-0.3, -0.25) is 9.47 Å². The van der Waals surface area contributed by atoms with Crippen molar-refractivity contribution < 1.29 is 4.42 Å². The zero-order chi connectivity index (χ0) is 29.5. The Balaban J connectivity index is 1.19. The molecule has 1 aliphatic heterocycles. The smallest absolute Gasteiger partial charge is 0.135 e. The van der Waals surface area contributed by atoms with E-state index in [0.29, 0.717) is 0 Å². The van der Waals surface area contributed by atoms with E-state index in [1.54, 1.807) is 0 Å². The van der Waals surface area contributed by atoms with Crippen LogP contribution in [0.5, 0.6) is 0 Å². The van der Waals surface area contributed by atoms with Crippen molar-refractivity contribution in [2.45, 2.75) is 12.8 Å². The van der Waals surface area contributed by atoms with E-state index in [2.05, 4.69) is 143 Å². The fourth-order valence-corrected chi connectivity index (χ4v) is 7.54. The van der Waals surface area contributed by atoms with E-state index in [1.807, 2.05) is 12.1 Å². The van der Waals surface area contributed by atoms with E-state index in [1.165, 1.54) is 55.3 Å². The molecule has 0 saturated heterocycles. The lowest BCUT2D eigenvalue weighted by Gasteiger charge is -2.28. The first kappa shape index (κ1) is 24.6. The molecule has 45 heavy (non-hydrogen) atoms. The summed E-state index contributed by atoms with van der Waals surface area (Å²) < 4.78 is 8.56. The predicted octanol–water partition coefficient (Wildman–Crippen LogP) is 11.6. The van der Waals surface area contributed by atoms with Crippen molar-refractivity contribution in [2.24, 2.45) is 0 Å². The highest BCUT2D eigenvalue weighted by atomic mass is 16.3. The van der Waals surface area contributed by atoms with Crippen LogP contribution in [0.25, 0.3) is 66.0 Å². The molecular weight excluding hydrogens is 548 g/mol. The van der Waals surface area contributed by atoms with Gasteiger partial charge in [-0.1, -0.05) is 91.0 Å². The Morgan fingerprint density at radius 2 is 1.33 bits per heavy atom. The van der Waals surface area contributed by atoms with Crippen molar-refractivity contribution >= 4 is 60.7 Å². The minimum absolute atomic E-state index is 0.921. The largest absolute Gasteiger partial charge is 0.456 e. The zero-order valence-corrected chi connectivity index (χ0v) is 24.6. The van der Waals surface area contributed by atoms with Crippen molar-refractivity contribution in [3.8, 4) is 16.8 Å². The molecule has 6 aromatic carbocycles. The van der Waals surface area contributed by atoms with E-state index in [0.717, 1.165) is 46.3 Å². The van der Waals surface area contributed by atoms with E-state index >= 15 is 0 Å². The zero-order valence-electron chi connectivity index (χ0n) is 24.6. The Kier molecular flexibility index (Phi) is 5.11. The Morgan fingerprint density at radius 1 is 0.578 bits per heavy atom. The number of para-hydroxylation sites is 2. The predicted molar refractivity (Wildman–Crippen MR) is 187 cm³/mol. The van der Waals surface area contributed by atoms with Crippen molar-refractivity contribution in [1.29, 1.82) is 0 Å². The summed E-state index contributed by atoms with van der Waals surface area (Å²) in [5.74, 6) is 1.16. The molecule has 0 amide bonds. The average molecular weight is 577 g/mol. The van der Waals surface area contributed by atoms with Gasteiger partial charge in [0.25, 0.3) is 0 Å². The fourth-order valence-electron chi connectivity index (χ4n) is 7.54. The number of rotatable bonds is 2. The summed E-state index contributed by atoms with van der Waals surface area (Å²) in [5, 5.41) is 6.12. The lowest BCUT2D eigenvalue weighted by molar-refractivity contribution is 0.669. The highest BCUT2D eigenvalue weighted by Crippen LogP contribution is 2.48. The molecule has 212 valence electrons. The van der Waals surface area contributed by atoms with Crippen LogP contribution in [0.2, 0.25) is 0 Å². The minimum atomic E-state index is 0.921. The molecule has 0 spiro atoms. The van der Waals surface area contributed by atoms with Crippen LogP contribution in [0.15, 0.2) is 156 Å². The second-order valence-electron chi connectivity index (χ2n) is 12.1. The van der Waals surface area contributed by atoms with Gasteiger partial charge in [-0.15, -0.1) is 0 Å². The number of hydrogen-bond donors (Lipinski definition) is 0. The van der Waals surface area contributed by atoms with Crippen LogP contribution in [-0.4, -0.2) is 4.57 Å². The summed E-state index contributed by atoms with van der Waals surface area (Å²) in [5.41, 5.74) is 11.8. The van der Waals surface area contributed by atoms with E-state index < -0.39 is 0 Å². The second-order valence-corrected chi connectivity index (χ2v) is 12.1. The van der Waals surface area contributed by atoms with Crippen molar-refractivity contribution in [3.05, 3.63) is 157 Å². The summed E-state index contributed by atoms with van der Waals surface area (Å²) in [7, 11) is 0. The SMILES string of the molecule is C1=CC2=C(CC1)c1c(ccc3ccccc13)-n1c(cc3ccccc31)N2c1ccc(-c2ccc3oc4ccccc4c3c2)cc1. The molecule has 0 unspecified atom stereocenters. The summed E-state index contributed by atoms with van der Waals surface area (Å²) in [4.78, 5) is 2.47. The fraction of sp³-hybridized carbons (Fsp3) is 0.0476. The van der Waals surface area contributed by atoms with Crippen LogP contribution in [0.4, 0.5) is 11.5 Å². The maximum Gasteiger partial charge on any atom is 0.135 e. The summed E-state index contributed by atoms with van der Waals surface area (Å²) in [6.45, 7) is 0. The van der Waals surface area contributed by atoms with Crippen molar-refractivity contribution in [2.75, 3.05) is 4.90 Å². The quantitative estimate of drug-likeness (QED) is 0.204. The van der Waals surface area contributed by atoms with Crippen LogP contribution in [0, 0.1) is 0 Å². The number of anilines is 2. The van der Waals surface area contributed by atoms with Gasteiger partial charge in [0, 0.05) is 27.4 Å². The Morgan fingerprint density at radius 3 is 2.24 bits per heavy atom. The van der Waals surface area contributed by atoms with Crippen LogP contribution in [0.1, 0.15) is 18.4 Å². The molecule has 0 saturated carbocycles. The van der Waals surface area contributed by atoms with Gasteiger partial charge in [0.15, 0.2) is 0 Å². The number of aromatic nitrogens is 1. The monoisotopic (exact) mass is 576 g/mol. The highest BCUT2D eigenvalue weighted by molar-refractivity contribution is 6.07. The summed E-state index contributed by atoms with van der Waals surface area (Å²) >= 11 is 0. The Hall–Kier alpha value is -5.80. The average Bonchev–Trinajstić information content (AvgIpc) is 3.63. The third kappa shape index (κ3) is 3.58. The van der Waals surface area contributed by atoms with Crippen LogP contribution in [0.3, 0.4) is 0 Å². The first-order chi connectivity index (χ1) is 22.3. The molecule has 2 aliphatic rings. The maximum atomic E-state index is 6.10. The number of fused-ring (bicyclic) bond motifs is 11. The van der Waals surface area contributed by atoms with Gasteiger partial charge in [0.05, 0.1) is 16.9 Å². The Bertz CT molecular complexity index is 2540. The summed E-state index contributed by atoms with van der Waals surface area (Å²) in [6.07, 6.45) is 6.70. The molecule has 0 radical (unpaired) electrons.